The second-order valence-electron chi connectivity index (χ2n) is 7.23. The molecule has 2 fully saturated rings. The zero-order valence-electron chi connectivity index (χ0n) is 16.2. The minimum atomic E-state index is -0.616. The first kappa shape index (κ1) is 20.5. The summed E-state index contributed by atoms with van der Waals surface area (Å²) in [5, 5.41) is 17.1. The van der Waals surface area contributed by atoms with Crippen molar-refractivity contribution in [2.45, 2.75) is 32.0 Å². The van der Waals surface area contributed by atoms with Gasteiger partial charge in [-0.15, -0.1) is 0 Å². The SMILES string of the molecule is CCNC(=NCc1ccccc1CN1CCOCC1)NCC1(O)CCSC1. The van der Waals surface area contributed by atoms with E-state index in [9.17, 15) is 5.11 Å². The number of aliphatic imine (C=N–C) groups is 1. The highest BCUT2D eigenvalue weighted by molar-refractivity contribution is 7.99. The maximum absolute atomic E-state index is 10.5. The van der Waals surface area contributed by atoms with E-state index in [0.29, 0.717) is 13.1 Å². The molecule has 7 heteroatoms. The fourth-order valence-electron chi connectivity index (χ4n) is 3.36. The monoisotopic (exact) mass is 392 g/mol. The molecular formula is C20H32N4O2S. The predicted octanol–water partition coefficient (Wildman–Crippen LogP) is 1.44. The lowest BCUT2D eigenvalue weighted by Crippen LogP contribution is -2.47. The van der Waals surface area contributed by atoms with E-state index in [-0.39, 0.29) is 0 Å². The van der Waals surface area contributed by atoms with E-state index in [0.717, 1.165) is 63.3 Å². The van der Waals surface area contributed by atoms with Crippen LogP contribution in [0.5, 0.6) is 0 Å². The maximum atomic E-state index is 10.5. The van der Waals surface area contributed by atoms with E-state index in [1.807, 2.05) is 11.8 Å². The molecule has 0 bridgehead atoms. The van der Waals surface area contributed by atoms with Crippen molar-refractivity contribution in [2.75, 3.05) is 50.9 Å². The van der Waals surface area contributed by atoms with E-state index >= 15 is 0 Å². The molecular weight excluding hydrogens is 360 g/mol. The Labute approximate surface area is 166 Å². The minimum absolute atomic E-state index is 0.543. The molecule has 150 valence electrons. The average molecular weight is 393 g/mol. The molecule has 0 saturated carbocycles. The summed E-state index contributed by atoms with van der Waals surface area (Å²) < 4.78 is 5.45. The molecule has 0 amide bonds. The van der Waals surface area contributed by atoms with E-state index in [4.69, 9.17) is 9.73 Å². The molecule has 1 atom stereocenters. The molecule has 0 radical (unpaired) electrons. The zero-order chi connectivity index (χ0) is 19.0. The number of nitrogens with one attached hydrogen (secondary N) is 2. The second kappa shape index (κ2) is 10.3. The van der Waals surface area contributed by atoms with Crippen LogP contribution in [0.1, 0.15) is 24.5 Å². The van der Waals surface area contributed by atoms with Crippen LogP contribution in [-0.4, -0.2) is 72.5 Å². The molecule has 1 unspecified atom stereocenters. The zero-order valence-corrected chi connectivity index (χ0v) is 17.1. The van der Waals surface area contributed by atoms with Gasteiger partial charge < -0.3 is 20.5 Å². The number of hydrogen-bond donors (Lipinski definition) is 3. The molecule has 2 aliphatic heterocycles. The summed E-state index contributed by atoms with van der Waals surface area (Å²) in [7, 11) is 0. The summed E-state index contributed by atoms with van der Waals surface area (Å²) >= 11 is 1.81. The maximum Gasteiger partial charge on any atom is 0.191 e. The molecule has 3 N–H and O–H groups in total. The Morgan fingerprint density at radius 2 is 2.04 bits per heavy atom. The van der Waals surface area contributed by atoms with Gasteiger partial charge in [-0.05, 0) is 30.2 Å². The van der Waals surface area contributed by atoms with Crippen LogP contribution >= 0.6 is 11.8 Å². The number of aliphatic hydroxyl groups is 1. The first-order chi connectivity index (χ1) is 13.2. The van der Waals surface area contributed by atoms with Crippen LogP contribution in [-0.2, 0) is 17.8 Å². The normalized spacial score (nSPS) is 24.1. The molecule has 0 aromatic heterocycles. The number of thioether (sulfide) groups is 1. The largest absolute Gasteiger partial charge is 0.387 e. The number of hydrogen-bond acceptors (Lipinski definition) is 5. The summed E-state index contributed by atoms with van der Waals surface area (Å²) in [5.74, 6) is 2.59. The van der Waals surface area contributed by atoms with Crippen molar-refractivity contribution in [1.82, 2.24) is 15.5 Å². The molecule has 0 spiro atoms. The Balaban J connectivity index is 1.61. The summed E-state index contributed by atoms with van der Waals surface area (Å²) in [6.07, 6.45) is 0.840. The fourth-order valence-corrected chi connectivity index (χ4v) is 4.65. The molecule has 2 saturated heterocycles. The van der Waals surface area contributed by atoms with Gasteiger partial charge in [-0.25, -0.2) is 4.99 Å². The van der Waals surface area contributed by atoms with Crippen molar-refractivity contribution >= 4 is 17.7 Å². The van der Waals surface area contributed by atoms with Crippen molar-refractivity contribution in [1.29, 1.82) is 0 Å². The Kier molecular flexibility index (Phi) is 7.81. The Morgan fingerprint density at radius 1 is 1.26 bits per heavy atom. The third-order valence-electron chi connectivity index (χ3n) is 5.04. The molecule has 0 aliphatic carbocycles. The third kappa shape index (κ3) is 6.38. The fraction of sp³-hybridized carbons (Fsp3) is 0.650. The standard InChI is InChI=1S/C20H32N4O2S/c1-2-21-19(23-15-20(25)7-12-27-16-20)22-13-17-5-3-4-6-18(17)14-24-8-10-26-11-9-24/h3-6,25H,2,7-16H2,1H3,(H2,21,22,23). The second-order valence-corrected chi connectivity index (χ2v) is 8.34. The third-order valence-corrected chi connectivity index (χ3v) is 6.27. The quantitative estimate of drug-likeness (QED) is 0.482. The number of ether oxygens (including phenoxy) is 1. The number of rotatable bonds is 7. The smallest absolute Gasteiger partial charge is 0.191 e. The van der Waals surface area contributed by atoms with Gasteiger partial charge in [-0.2, -0.15) is 11.8 Å². The van der Waals surface area contributed by atoms with Crippen LogP contribution in [0.4, 0.5) is 0 Å². The van der Waals surface area contributed by atoms with E-state index in [2.05, 4.69) is 46.7 Å². The van der Waals surface area contributed by atoms with E-state index < -0.39 is 5.60 Å². The van der Waals surface area contributed by atoms with Crippen molar-refractivity contribution in [2.24, 2.45) is 4.99 Å². The van der Waals surface area contributed by atoms with Gasteiger partial charge >= 0.3 is 0 Å². The van der Waals surface area contributed by atoms with E-state index in [1.54, 1.807) is 0 Å². The van der Waals surface area contributed by atoms with Crippen molar-refractivity contribution < 1.29 is 9.84 Å². The predicted molar refractivity (Wildman–Crippen MR) is 112 cm³/mol. The van der Waals surface area contributed by atoms with Gasteiger partial charge in [0.2, 0.25) is 0 Å². The lowest BCUT2D eigenvalue weighted by Gasteiger charge is -2.27. The van der Waals surface area contributed by atoms with Crippen LogP contribution < -0.4 is 10.6 Å². The Hall–Kier alpha value is -1.28. The van der Waals surface area contributed by atoms with Crippen molar-refractivity contribution in [3.63, 3.8) is 0 Å². The highest BCUT2D eigenvalue weighted by Crippen LogP contribution is 2.26. The molecule has 2 aliphatic rings. The van der Waals surface area contributed by atoms with Crippen LogP contribution in [0.15, 0.2) is 29.3 Å². The Bertz CT molecular complexity index is 614. The molecule has 3 rings (SSSR count). The van der Waals surface area contributed by atoms with Crippen LogP contribution in [0, 0.1) is 0 Å². The first-order valence-electron chi connectivity index (χ1n) is 9.88. The molecule has 1 aromatic rings. The number of morpholine rings is 1. The highest BCUT2D eigenvalue weighted by atomic mass is 32.2. The summed E-state index contributed by atoms with van der Waals surface area (Å²) in [6, 6.07) is 8.52. The highest BCUT2D eigenvalue weighted by Gasteiger charge is 2.31. The molecule has 27 heavy (non-hydrogen) atoms. The number of benzene rings is 1. The lowest BCUT2D eigenvalue weighted by atomic mass is 10.0. The minimum Gasteiger partial charge on any atom is -0.387 e. The summed E-state index contributed by atoms with van der Waals surface area (Å²) in [6.45, 7) is 8.57. The van der Waals surface area contributed by atoms with Gasteiger partial charge in [0.05, 0.1) is 25.4 Å². The Morgan fingerprint density at radius 3 is 2.74 bits per heavy atom. The lowest BCUT2D eigenvalue weighted by molar-refractivity contribution is 0.0341. The average Bonchev–Trinajstić information content (AvgIpc) is 3.13. The molecule has 2 heterocycles. The van der Waals surface area contributed by atoms with E-state index in [1.165, 1.54) is 11.1 Å². The van der Waals surface area contributed by atoms with Gasteiger partial charge in [-0.1, -0.05) is 24.3 Å². The van der Waals surface area contributed by atoms with Gasteiger partial charge in [0.1, 0.15) is 0 Å². The number of nitrogens with zero attached hydrogens (tertiary/aromatic N) is 2. The van der Waals surface area contributed by atoms with Gasteiger partial charge in [0.25, 0.3) is 0 Å². The van der Waals surface area contributed by atoms with Crippen LogP contribution in [0.2, 0.25) is 0 Å². The molecule has 6 nitrogen and oxygen atoms in total. The first-order valence-corrected chi connectivity index (χ1v) is 11.0. The summed E-state index contributed by atoms with van der Waals surface area (Å²) in [5.41, 5.74) is 1.95. The van der Waals surface area contributed by atoms with Gasteiger partial charge in [-0.3, -0.25) is 4.90 Å². The molecule has 1 aromatic carbocycles. The van der Waals surface area contributed by atoms with Crippen molar-refractivity contribution in [3.05, 3.63) is 35.4 Å². The van der Waals surface area contributed by atoms with Gasteiger partial charge in [0, 0.05) is 38.5 Å². The van der Waals surface area contributed by atoms with Crippen LogP contribution in [0.25, 0.3) is 0 Å². The van der Waals surface area contributed by atoms with Gasteiger partial charge in [0.15, 0.2) is 5.96 Å². The topological polar surface area (TPSA) is 69.1 Å². The summed E-state index contributed by atoms with van der Waals surface area (Å²) in [4.78, 5) is 7.20. The van der Waals surface area contributed by atoms with Crippen LogP contribution in [0.3, 0.4) is 0 Å². The number of guanidine groups is 1. The van der Waals surface area contributed by atoms with Crippen molar-refractivity contribution in [3.8, 4) is 0 Å².